The SMILES string of the molecule is CC1C(=O)c2ncc(-c3cccc(SC(F)(F)F)c3)cc2N1C(=O)CN1CCOCC1. The highest BCUT2D eigenvalue weighted by atomic mass is 32.2. The summed E-state index contributed by atoms with van der Waals surface area (Å²) in [6.45, 7) is 4.18. The number of hydrogen-bond acceptors (Lipinski definition) is 6. The fraction of sp³-hybridized carbons (Fsp3) is 0.381. The van der Waals surface area contributed by atoms with Crippen LogP contribution in [0.1, 0.15) is 17.4 Å². The van der Waals surface area contributed by atoms with Crippen LogP contribution in [0.25, 0.3) is 11.1 Å². The number of hydrogen-bond donors (Lipinski definition) is 0. The normalized spacial score (nSPS) is 19.5. The van der Waals surface area contributed by atoms with E-state index in [1.807, 2.05) is 4.90 Å². The summed E-state index contributed by atoms with van der Waals surface area (Å²) in [6.07, 6.45) is 1.46. The fourth-order valence-electron chi connectivity index (χ4n) is 3.76. The van der Waals surface area contributed by atoms with Gasteiger partial charge < -0.3 is 4.74 Å². The van der Waals surface area contributed by atoms with Gasteiger partial charge in [0.05, 0.1) is 31.5 Å². The van der Waals surface area contributed by atoms with Crippen molar-refractivity contribution in [1.82, 2.24) is 9.88 Å². The van der Waals surface area contributed by atoms with E-state index in [-0.39, 0.29) is 40.6 Å². The summed E-state index contributed by atoms with van der Waals surface area (Å²) in [4.78, 5) is 33.4. The first-order valence-corrected chi connectivity index (χ1v) is 10.6. The van der Waals surface area contributed by atoms with E-state index in [2.05, 4.69) is 4.98 Å². The second-order valence-corrected chi connectivity index (χ2v) is 8.50. The molecule has 1 amide bonds. The molecule has 31 heavy (non-hydrogen) atoms. The van der Waals surface area contributed by atoms with Crippen molar-refractivity contribution in [1.29, 1.82) is 0 Å². The Morgan fingerprint density at radius 3 is 2.68 bits per heavy atom. The highest BCUT2D eigenvalue weighted by Crippen LogP contribution is 2.39. The van der Waals surface area contributed by atoms with Crippen LogP contribution in [-0.2, 0) is 9.53 Å². The molecule has 2 aliphatic heterocycles. The van der Waals surface area contributed by atoms with Crippen molar-refractivity contribution in [3.8, 4) is 11.1 Å². The van der Waals surface area contributed by atoms with Crippen LogP contribution in [0.5, 0.6) is 0 Å². The number of morpholine rings is 1. The molecule has 2 aromatic rings. The average Bonchev–Trinajstić information content (AvgIpc) is 2.97. The van der Waals surface area contributed by atoms with Crippen LogP contribution in [0.2, 0.25) is 0 Å². The van der Waals surface area contributed by atoms with Crippen LogP contribution in [0.4, 0.5) is 18.9 Å². The number of anilines is 1. The number of alkyl halides is 3. The second kappa shape index (κ2) is 8.60. The van der Waals surface area contributed by atoms with Crippen molar-refractivity contribution in [2.24, 2.45) is 0 Å². The molecule has 0 radical (unpaired) electrons. The van der Waals surface area contributed by atoms with Gasteiger partial charge in [0.2, 0.25) is 11.7 Å². The van der Waals surface area contributed by atoms with Crippen molar-refractivity contribution in [3.05, 3.63) is 42.2 Å². The van der Waals surface area contributed by atoms with Crippen molar-refractivity contribution in [2.75, 3.05) is 37.7 Å². The number of carbonyl (C=O) groups is 2. The zero-order valence-electron chi connectivity index (χ0n) is 16.7. The third-order valence-electron chi connectivity index (χ3n) is 5.26. The maximum Gasteiger partial charge on any atom is 0.446 e. The van der Waals surface area contributed by atoms with Crippen molar-refractivity contribution in [2.45, 2.75) is 23.4 Å². The van der Waals surface area contributed by atoms with E-state index in [4.69, 9.17) is 4.74 Å². The molecule has 0 saturated carbocycles. The van der Waals surface area contributed by atoms with Gasteiger partial charge in [-0.2, -0.15) is 13.2 Å². The summed E-state index contributed by atoms with van der Waals surface area (Å²) in [7, 11) is 0. The summed E-state index contributed by atoms with van der Waals surface area (Å²) < 4.78 is 43.5. The zero-order chi connectivity index (χ0) is 22.2. The fourth-order valence-corrected chi connectivity index (χ4v) is 4.36. The van der Waals surface area contributed by atoms with Crippen molar-refractivity contribution in [3.63, 3.8) is 0 Å². The molecule has 3 heterocycles. The number of pyridine rings is 1. The number of ketones is 1. The third kappa shape index (κ3) is 4.76. The number of halogens is 3. The lowest BCUT2D eigenvalue weighted by atomic mass is 10.1. The standard InChI is InChI=1S/C21H20F3N3O3S/c1-13-20(29)19-17(27(13)18(28)12-26-5-7-30-8-6-26)10-15(11-25-19)14-3-2-4-16(9-14)31-21(22,23)24/h2-4,9-11,13H,5-8,12H2,1H3. The molecule has 0 bridgehead atoms. The minimum absolute atomic E-state index is 0.0511. The van der Waals surface area contributed by atoms with Gasteiger partial charge >= 0.3 is 5.51 Å². The summed E-state index contributed by atoms with van der Waals surface area (Å²) in [6, 6.07) is 6.97. The molecule has 2 aliphatic rings. The lowest BCUT2D eigenvalue weighted by Gasteiger charge is -2.29. The molecule has 1 aromatic carbocycles. The van der Waals surface area contributed by atoms with Crippen LogP contribution < -0.4 is 4.90 Å². The number of ether oxygens (including phenoxy) is 1. The Hall–Kier alpha value is -2.43. The van der Waals surface area contributed by atoms with Gasteiger partial charge in [-0.1, -0.05) is 12.1 Å². The molecule has 1 atom stereocenters. The summed E-state index contributed by atoms with van der Waals surface area (Å²) in [5.74, 6) is -0.472. The number of aromatic nitrogens is 1. The minimum atomic E-state index is -4.39. The molecule has 4 rings (SSSR count). The third-order valence-corrected chi connectivity index (χ3v) is 5.98. The monoisotopic (exact) mass is 451 g/mol. The number of nitrogens with zero attached hydrogens (tertiary/aromatic N) is 3. The largest absolute Gasteiger partial charge is 0.446 e. The van der Waals surface area contributed by atoms with Gasteiger partial charge in [-0.15, -0.1) is 0 Å². The molecule has 0 N–H and O–H groups in total. The van der Waals surface area contributed by atoms with E-state index in [0.29, 0.717) is 43.1 Å². The van der Waals surface area contributed by atoms with E-state index in [1.54, 1.807) is 19.1 Å². The Bertz CT molecular complexity index is 1010. The quantitative estimate of drug-likeness (QED) is 0.662. The van der Waals surface area contributed by atoms with Gasteiger partial charge in [-0.05, 0) is 42.4 Å². The van der Waals surface area contributed by atoms with Gasteiger partial charge in [0.1, 0.15) is 5.69 Å². The summed E-state index contributed by atoms with van der Waals surface area (Å²) in [5, 5.41) is 0. The molecular formula is C21H20F3N3O3S. The molecule has 1 unspecified atom stereocenters. The smallest absolute Gasteiger partial charge is 0.379 e. The topological polar surface area (TPSA) is 62.7 Å². The summed E-state index contributed by atoms with van der Waals surface area (Å²) >= 11 is -0.194. The van der Waals surface area contributed by atoms with E-state index < -0.39 is 11.6 Å². The minimum Gasteiger partial charge on any atom is -0.379 e. The maximum absolute atomic E-state index is 13.0. The molecule has 1 fully saturated rings. The molecule has 1 saturated heterocycles. The Balaban J connectivity index is 1.63. The lowest BCUT2D eigenvalue weighted by Crippen LogP contribution is -2.47. The predicted octanol–water partition coefficient (Wildman–Crippen LogP) is 3.61. The van der Waals surface area contributed by atoms with E-state index in [0.717, 1.165) is 0 Å². The Morgan fingerprint density at radius 2 is 1.97 bits per heavy atom. The number of amides is 1. The predicted molar refractivity (Wildman–Crippen MR) is 110 cm³/mol. The van der Waals surface area contributed by atoms with Gasteiger partial charge in [0, 0.05) is 29.7 Å². The summed E-state index contributed by atoms with van der Waals surface area (Å²) in [5.41, 5.74) is -2.74. The molecule has 164 valence electrons. The van der Waals surface area contributed by atoms with Gasteiger partial charge in [0.15, 0.2) is 0 Å². The number of Topliss-reactive ketones (excluding diaryl/α,β-unsaturated/α-hetero) is 1. The number of rotatable bonds is 4. The maximum atomic E-state index is 13.0. The van der Waals surface area contributed by atoms with E-state index in [9.17, 15) is 22.8 Å². The van der Waals surface area contributed by atoms with Crippen LogP contribution in [0, 0.1) is 0 Å². The van der Waals surface area contributed by atoms with Gasteiger partial charge in [-0.25, -0.2) is 0 Å². The van der Waals surface area contributed by atoms with Crippen LogP contribution in [-0.4, -0.2) is 66.0 Å². The lowest BCUT2D eigenvalue weighted by molar-refractivity contribution is -0.120. The molecular weight excluding hydrogens is 431 g/mol. The first-order chi connectivity index (χ1) is 14.7. The van der Waals surface area contributed by atoms with E-state index in [1.165, 1.54) is 29.3 Å². The molecule has 1 aromatic heterocycles. The van der Waals surface area contributed by atoms with Gasteiger partial charge in [-0.3, -0.25) is 24.4 Å². The first-order valence-electron chi connectivity index (χ1n) is 9.75. The second-order valence-electron chi connectivity index (χ2n) is 7.36. The number of carbonyl (C=O) groups excluding carboxylic acids is 2. The number of fused-ring (bicyclic) bond motifs is 1. The molecule has 0 spiro atoms. The Morgan fingerprint density at radius 1 is 1.23 bits per heavy atom. The highest BCUT2D eigenvalue weighted by Gasteiger charge is 2.39. The highest BCUT2D eigenvalue weighted by molar-refractivity contribution is 8.00. The van der Waals surface area contributed by atoms with Crippen LogP contribution in [0.15, 0.2) is 41.4 Å². The zero-order valence-corrected chi connectivity index (χ0v) is 17.5. The van der Waals surface area contributed by atoms with Crippen LogP contribution >= 0.6 is 11.8 Å². The molecule has 6 nitrogen and oxygen atoms in total. The molecule has 10 heteroatoms. The average molecular weight is 451 g/mol. The van der Waals surface area contributed by atoms with Crippen molar-refractivity contribution >= 4 is 29.1 Å². The Labute approximate surface area is 181 Å². The van der Waals surface area contributed by atoms with Gasteiger partial charge in [0.25, 0.3) is 0 Å². The Kier molecular flexibility index (Phi) is 6.05. The first kappa shape index (κ1) is 21.8. The molecule has 0 aliphatic carbocycles. The number of benzene rings is 1. The number of thioether (sulfide) groups is 1. The van der Waals surface area contributed by atoms with Crippen LogP contribution in [0.3, 0.4) is 0 Å². The van der Waals surface area contributed by atoms with Crippen molar-refractivity contribution < 1.29 is 27.5 Å². The van der Waals surface area contributed by atoms with E-state index >= 15 is 0 Å².